The van der Waals surface area contributed by atoms with E-state index in [2.05, 4.69) is 58.3 Å². The smallest absolute Gasteiger partial charge is 0.193 e. The summed E-state index contributed by atoms with van der Waals surface area (Å²) in [5.41, 5.74) is 4.62. The van der Waals surface area contributed by atoms with E-state index >= 15 is 0 Å². The molecule has 0 spiro atoms. The molecule has 212 valence electrons. The molecule has 0 atom stereocenters. The molecular formula is C35H49ClN2O. The van der Waals surface area contributed by atoms with Crippen LogP contribution in [0.2, 0.25) is 0 Å². The van der Waals surface area contributed by atoms with E-state index < -0.39 is 0 Å². The Morgan fingerprint density at radius 3 is 1.21 bits per heavy atom. The number of nitrogens with zero attached hydrogens (tertiary/aromatic N) is 2. The Balaban J connectivity index is 0.00000308. The quantitative estimate of drug-likeness (QED) is 0.337. The summed E-state index contributed by atoms with van der Waals surface area (Å²) < 4.78 is 0. The second-order valence-electron chi connectivity index (χ2n) is 12.7. The van der Waals surface area contributed by atoms with E-state index in [1.807, 2.05) is 0 Å². The summed E-state index contributed by atoms with van der Waals surface area (Å²) in [6.45, 7) is 4.71. The minimum Gasteiger partial charge on any atom is -0.294 e. The summed E-state index contributed by atoms with van der Waals surface area (Å²) in [5, 5.41) is 0. The van der Waals surface area contributed by atoms with Gasteiger partial charge in [-0.2, -0.15) is 0 Å². The highest BCUT2D eigenvalue weighted by molar-refractivity contribution is 6.11. The first-order valence-corrected chi connectivity index (χ1v) is 16.0. The van der Waals surface area contributed by atoms with Crippen LogP contribution in [0.5, 0.6) is 0 Å². The van der Waals surface area contributed by atoms with Crippen molar-refractivity contribution in [2.24, 2.45) is 0 Å². The van der Waals surface area contributed by atoms with Crippen LogP contribution in [0.3, 0.4) is 0 Å². The maximum absolute atomic E-state index is 14.8. The van der Waals surface area contributed by atoms with Gasteiger partial charge >= 0.3 is 0 Å². The van der Waals surface area contributed by atoms with Crippen molar-refractivity contribution in [2.75, 3.05) is 26.2 Å². The zero-order chi connectivity index (χ0) is 25.8. The Morgan fingerprint density at radius 1 is 0.487 bits per heavy atom. The molecule has 0 unspecified atom stereocenters. The van der Waals surface area contributed by atoms with E-state index in [4.69, 9.17) is 0 Å². The van der Waals surface area contributed by atoms with Gasteiger partial charge in [0.2, 0.25) is 0 Å². The molecule has 4 fully saturated rings. The number of ketones is 1. The van der Waals surface area contributed by atoms with Gasteiger partial charge in [-0.05, 0) is 88.7 Å². The lowest BCUT2D eigenvalue weighted by molar-refractivity contribution is 0.0287. The summed E-state index contributed by atoms with van der Waals surface area (Å²) in [6, 6.07) is 17.5. The van der Waals surface area contributed by atoms with Crippen LogP contribution in [0.4, 0.5) is 0 Å². The van der Waals surface area contributed by atoms with Gasteiger partial charge in [-0.3, -0.25) is 14.6 Å². The predicted octanol–water partition coefficient (Wildman–Crippen LogP) is 8.63. The topological polar surface area (TPSA) is 23.6 Å². The van der Waals surface area contributed by atoms with Crippen LogP contribution in [0.15, 0.2) is 48.5 Å². The number of carbonyl (C=O) groups excluding carboxylic acids is 1. The van der Waals surface area contributed by atoms with Crippen molar-refractivity contribution in [3.63, 3.8) is 0 Å². The average Bonchev–Trinajstić information content (AvgIpc) is 3.02. The van der Waals surface area contributed by atoms with Gasteiger partial charge in [0.05, 0.1) is 0 Å². The Hall–Kier alpha value is -1.68. The number of likely N-dealkylation sites (tertiary alicyclic amines) is 2. The zero-order valence-corrected chi connectivity index (χ0v) is 24.8. The van der Waals surface area contributed by atoms with E-state index in [9.17, 15) is 4.79 Å². The number of halogens is 1. The van der Waals surface area contributed by atoms with Gasteiger partial charge in [0.15, 0.2) is 5.78 Å². The van der Waals surface area contributed by atoms with E-state index in [0.717, 1.165) is 11.1 Å². The maximum Gasteiger partial charge on any atom is 0.193 e. The molecule has 2 aliphatic heterocycles. The van der Waals surface area contributed by atoms with Gasteiger partial charge in [-0.1, -0.05) is 99.9 Å². The van der Waals surface area contributed by atoms with Crippen LogP contribution in [0.25, 0.3) is 0 Å². The largest absolute Gasteiger partial charge is 0.294 e. The Labute approximate surface area is 243 Å². The molecule has 2 saturated carbocycles. The van der Waals surface area contributed by atoms with Crippen LogP contribution in [-0.4, -0.2) is 41.8 Å². The van der Waals surface area contributed by atoms with E-state index in [1.165, 1.54) is 140 Å². The van der Waals surface area contributed by atoms with Gasteiger partial charge in [0.25, 0.3) is 0 Å². The van der Waals surface area contributed by atoms with Crippen LogP contribution in [0, 0.1) is 0 Å². The first-order valence-electron chi connectivity index (χ1n) is 16.0. The van der Waals surface area contributed by atoms with Crippen molar-refractivity contribution in [3.8, 4) is 0 Å². The lowest BCUT2D eigenvalue weighted by atomic mass is 9.70. The first-order chi connectivity index (χ1) is 18.7. The van der Waals surface area contributed by atoms with E-state index in [1.54, 1.807) is 0 Å². The van der Waals surface area contributed by atoms with Crippen molar-refractivity contribution in [3.05, 3.63) is 70.8 Å². The van der Waals surface area contributed by atoms with Gasteiger partial charge < -0.3 is 0 Å². The normalized spacial score (nSPS) is 24.0. The molecule has 39 heavy (non-hydrogen) atoms. The third-order valence-electron chi connectivity index (χ3n) is 10.6. The minimum atomic E-state index is 0. The van der Waals surface area contributed by atoms with Gasteiger partial charge in [0.1, 0.15) is 0 Å². The number of hydrogen-bond donors (Lipinski definition) is 0. The fourth-order valence-corrected chi connectivity index (χ4v) is 8.75. The highest BCUT2D eigenvalue weighted by Crippen LogP contribution is 2.47. The summed E-state index contributed by atoms with van der Waals surface area (Å²) in [7, 11) is 0. The number of hydrogen-bond acceptors (Lipinski definition) is 3. The fraction of sp³-hybridized carbons (Fsp3) is 0.629. The molecule has 2 aliphatic carbocycles. The van der Waals surface area contributed by atoms with Crippen molar-refractivity contribution in [1.29, 1.82) is 0 Å². The molecule has 2 aromatic rings. The Bertz CT molecular complexity index is 1000. The van der Waals surface area contributed by atoms with Gasteiger partial charge in [-0.15, -0.1) is 12.4 Å². The minimum absolute atomic E-state index is 0. The lowest BCUT2D eigenvalue weighted by Gasteiger charge is -2.50. The number of rotatable bonds is 6. The molecule has 0 amide bonds. The van der Waals surface area contributed by atoms with Crippen molar-refractivity contribution in [2.45, 2.75) is 114 Å². The maximum atomic E-state index is 14.8. The molecule has 0 N–H and O–H groups in total. The molecule has 4 aliphatic rings. The fourth-order valence-electron chi connectivity index (χ4n) is 8.75. The molecule has 0 radical (unpaired) electrons. The monoisotopic (exact) mass is 548 g/mol. The molecule has 2 aromatic carbocycles. The molecule has 2 saturated heterocycles. The van der Waals surface area contributed by atoms with Crippen LogP contribution < -0.4 is 0 Å². The number of piperidine rings is 2. The molecule has 4 heteroatoms. The number of benzene rings is 2. The molecule has 2 heterocycles. The average molecular weight is 549 g/mol. The van der Waals surface area contributed by atoms with Crippen LogP contribution in [0.1, 0.15) is 130 Å². The van der Waals surface area contributed by atoms with E-state index in [-0.39, 0.29) is 29.3 Å². The summed E-state index contributed by atoms with van der Waals surface area (Å²) in [6.07, 6.45) is 20.4. The number of carbonyl (C=O) groups is 1. The first kappa shape index (κ1) is 28.8. The predicted molar refractivity (Wildman–Crippen MR) is 164 cm³/mol. The van der Waals surface area contributed by atoms with Gasteiger partial charge in [0, 0.05) is 22.2 Å². The lowest BCUT2D eigenvalue weighted by Crippen LogP contribution is -2.51. The zero-order valence-electron chi connectivity index (χ0n) is 24.0. The van der Waals surface area contributed by atoms with Crippen molar-refractivity contribution < 1.29 is 4.79 Å². The van der Waals surface area contributed by atoms with Crippen LogP contribution >= 0.6 is 12.4 Å². The molecule has 0 bridgehead atoms. The Morgan fingerprint density at radius 2 is 0.821 bits per heavy atom. The second kappa shape index (κ2) is 12.9. The highest BCUT2D eigenvalue weighted by atomic mass is 35.5. The van der Waals surface area contributed by atoms with Crippen molar-refractivity contribution in [1.82, 2.24) is 9.80 Å². The van der Waals surface area contributed by atoms with E-state index in [0.29, 0.717) is 0 Å². The third-order valence-corrected chi connectivity index (χ3v) is 10.6. The summed E-state index contributed by atoms with van der Waals surface area (Å²) >= 11 is 0. The summed E-state index contributed by atoms with van der Waals surface area (Å²) in [5.74, 6) is 0.264. The highest BCUT2D eigenvalue weighted by Gasteiger charge is 2.44. The van der Waals surface area contributed by atoms with Crippen LogP contribution in [-0.2, 0) is 11.1 Å². The Kier molecular flexibility index (Phi) is 9.52. The molecular weight excluding hydrogens is 500 g/mol. The van der Waals surface area contributed by atoms with Crippen molar-refractivity contribution >= 4 is 18.2 Å². The molecule has 3 nitrogen and oxygen atoms in total. The third kappa shape index (κ3) is 5.48. The summed E-state index contributed by atoms with van der Waals surface area (Å²) in [4.78, 5) is 20.3. The standard InChI is InChI=1S/C35H48N2O.ClH/c38-33(29-17-5-7-19-31(29)34(21-9-1-10-22-34)36-25-13-3-14-26-36)30-18-6-8-20-32(30)35(23-11-2-12-24-35)37-27-15-4-16-28-37;/h5-8,17-20H,1-4,9-16,21-28H2;1H. The second-order valence-corrected chi connectivity index (χ2v) is 12.7. The molecule has 0 aromatic heterocycles. The molecule has 6 rings (SSSR count). The van der Waals surface area contributed by atoms with Gasteiger partial charge in [-0.25, -0.2) is 0 Å². The SMILES string of the molecule is Cl.O=C(c1ccccc1C1(N2CCCCC2)CCCCC1)c1ccccc1C1(N2CCCCC2)CCCCC1.